The normalized spacial score (nSPS) is 10.5. The number of hydrogen-bond donors (Lipinski definition) is 2. The van der Waals surface area contributed by atoms with Gasteiger partial charge in [-0.3, -0.25) is 0 Å². The summed E-state index contributed by atoms with van der Waals surface area (Å²) in [4.78, 5) is 11.9. The maximum absolute atomic E-state index is 11.9. The molecule has 0 unspecified atom stereocenters. The van der Waals surface area contributed by atoms with E-state index in [2.05, 4.69) is 25.9 Å². The van der Waals surface area contributed by atoms with E-state index in [0.29, 0.717) is 12.4 Å². The van der Waals surface area contributed by atoms with E-state index in [1.165, 1.54) is 0 Å². The molecule has 1 aromatic heterocycles. The Labute approximate surface area is 167 Å². The summed E-state index contributed by atoms with van der Waals surface area (Å²) < 4.78 is 5.23. The maximum atomic E-state index is 11.9. The summed E-state index contributed by atoms with van der Waals surface area (Å²) in [7, 11) is 0. The number of aromatic amines is 1. The van der Waals surface area contributed by atoms with Gasteiger partial charge in [-0.15, -0.1) is 5.10 Å². The van der Waals surface area contributed by atoms with Crippen molar-refractivity contribution in [2.45, 2.75) is 13.2 Å². The third kappa shape index (κ3) is 4.65. The number of benzene rings is 3. The Morgan fingerprint density at radius 3 is 2.31 bits per heavy atom. The van der Waals surface area contributed by atoms with Gasteiger partial charge < -0.3 is 10.1 Å². The lowest BCUT2D eigenvalue weighted by atomic mass is 9.98. The van der Waals surface area contributed by atoms with Crippen LogP contribution in [0.3, 0.4) is 0 Å². The Kier molecular flexibility index (Phi) is 5.57. The van der Waals surface area contributed by atoms with Gasteiger partial charge in [0.2, 0.25) is 0 Å². The zero-order valence-corrected chi connectivity index (χ0v) is 15.6. The Bertz CT molecular complexity index is 1060. The van der Waals surface area contributed by atoms with Crippen molar-refractivity contribution in [2.24, 2.45) is 0 Å². The number of carbonyl (C=O) groups excluding carboxylic acids is 1. The quantitative estimate of drug-likeness (QED) is 0.524. The van der Waals surface area contributed by atoms with Gasteiger partial charge in [0.1, 0.15) is 6.61 Å². The molecule has 0 radical (unpaired) electrons. The number of carbonyl (C=O) groups is 1. The topological polar surface area (TPSA) is 92.8 Å². The van der Waals surface area contributed by atoms with Crippen LogP contribution in [0, 0.1) is 0 Å². The van der Waals surface area contributed by atoms with Crippen LogP contribution in [0.1, 0.15) is 11.1 Å². The molecule has 0 saturated heterocycles. The predicted octanol–water partition coefficient (Wildman–Crippen LogP) is 3.96. The molecular formula is C22H19N5O2. The van der Waals surface area contributed by atoms with Crippen LogP contribution in [0.25, 0.3) is 22.5 Å². The Morgan fingerprint density at radius 2 is 1.59 bits per heavy atom. The number of alkyl carbamates (subject to hydrolysis) is 1. The van der Waals surface area contributed by atoms with Gasteiger partial charge in [-0.1, -0.05) is 78.9 Å². The summed E-state index contributed by atoms with van der Waals surface area (Å²) >= 11 is 0. The molecule has 0 fully saturated rings. The summed E-state index contributed by atoms with van der Waals surface area (Å²) in [5.74, 6) is 0.618. The molecule has 7 heteroatoms. The molecule has 0 spiro atoms. The van der Waals surface area contributed by atoms with E-state index in [4.69, 9.17) is 4.74 Å². The molecule has 0 aliphatic rings. The molecule has 0 aliphatic carbocycles. The van der Waals surface area contributed by atoms with Crippen molar-refractivity contribution in [3.8, 4) is 22.5 Å². The minimum absolute atomic E-state index is 0.249. The van der Waals surface area contributed by atoms with Gasteiger partial charge in [-0.25, -0.2) is 9.89 Å². The highest BCUT2D eigenvalue weighted by molar-refractivity contribution is 5.80. The summed E-state index contributed by atoms with van der Waals surface area (Å²) in [5, 5.41) is 16.9. The molecule has 3 aromatic carbocycles. The van der Waals surface area contributed by atoms with Crippen LogP contribution in [0.15, 0.2) is 78.9 Å². The van der Waals surface area contributed by atoms with E-state index >= 15 is 0 Å². The molecule has 1 heterocycles. The number of tetrazole rings is 1. The average molecular weight is 385 g/mol. The van der Waals surface area contributed by atoms with Gasteiger partial charge >= 0.3 is 6.09 Å². The molecule has 4 aromatic rings. The summed E-state index contributed by atoms with van der Waals surface area (Å²) in [6, 6.07) is 25.5. The summed E-state index contributed by atoms with van der Waals surface area (Å²) in [6.45, 7) is 0.639. The van der Waals surface area contributed by atoms with E-state index < -0.39 is 6.09 Å². The minimum atomic E-state index is -0.443. The van der Waals surface area contributed by atoms with E-state index in [-0.39, 0.29) is 6.61 Å². The lowest BCUT2D eigenvalue weighted by molar-refractivity contribution is 0.139. The number of nitrogens with zero attached hydrogens (tertiary/aromatic N) is 3. The largest absolute Gasteiger partial charge is 0.445 e. The van der Waals surface area contributed by atoms with Crippen molar-refractivity contribution < 1.29 is 9.53 Å². The summed E-state index contributed by atoms with van der Waals surface area (Å²) in [6.07, 6.45) is -0.443. The number of H-pyrrole nitrogens is 1. The lowest BCUT2D eigenvalue weighted by Crippen LogP contribution is -2.23. The van der Waals surface area contributed by atoms with Crippen molar-refractivity contribution in [1.82, 2.24) is 25.9 Å². The third-order valence-electron chi connectivity index (χ3n) is 4.44. The van der Waals surface area contributed by atoms with E-state index in [9.17, 15) is 4.79 Å². The molecule has 1 amide bonds. The van der Waals surface area contributed by atoms with Gasteiger partial charge in [0.15, 0.2) is 5.82 Å². The molecule has 4 rings (SSSR count). The van der Waals surface area contributed by atoms with Crippen molar-refractivity contribution in [3.63, 3.8) is 0 Å². The molecule has 0 saturated carbocycles. The van der Waals surface area contributed by atoms with E-state index in [1.807, 2.05) is 78.9 Å². The number of amides is 1. The molecule has 29 heavy (non-hydrogen) atoms. The van der Waals surface area contributed by atoms with Crippen LogP contribution in [-0.2, 0) is 17.9 Å². The van der Waals surface area contributed by atoms with E-state index in [1.54, 1.807) is 0 Å². The molecule has 7 nitrogen and oxygen atoms in total. The van der Waals surface area contributed by atoms with Crippen LogP contribution in [0.5, 0.6) is 0 Å². The van der Waals surface area contributed by atoms with Gasteiger partial charge in [-0.05, 0) is 32.7 Å². The minimum Gasteiger partial charge on any atom is -0.445 e. The highest BCUT2D eigenvalue weighted by atomic mass is 16.5. The predicted molar refractivity (Wildman–Crippen MR) is 109 cm³/mol. The molecule has 0 atom stereocenters. The van der Waals surface area contributed by atoms with Crippen LogP contribution < -0.4 is 5.32 Å². The molecule has 2 N–H and O–H groups in total. The average Bonchev–Trinajstić information content (AvgIpc) is 3.32. The SMILES string of the molecule is O=C(NCc1ccc(-c2ccccc2-c2nnn[nH]2)cc1)OCc1ccccc1. The molecule has 0 bridgehead atoms. The molecule has 144 valence electrons. The van der Waals surface area contributed by atoms with Crippen molar-refractivity contribution in [1.29, 1.82) is 0 Å². The monoisotopic (exact) mass is 385 g/mol. The fourth-order valence-electron chi connectivity index (χ4n) is 2.97. The number of nitrogens with one attached hydrogen (secondary N) is 2. The van der Waals surface area contributed by atoms with Gasteiger partial charge in [-0.2, -0.15) is 0 Å². The molecular weight excluding hydrogens is 366 g/mol. The first kappa shape index (κ1) is 18.4. The first-order valence-electron chi connectivity index (χ1n) is 9.16. The van der Waals surface area contributed by atoms with Crippen LogP contribution in [-0.4, -0.2) is 26.7 Å². The van der Waals surface area contributed by atoms with E-state index in [0.717, 1.165) is 27.8 Å². The van der Waals surface area contributed by atoms with Crippen molar-refractivity contribution in [3.05, 3.63) is 90.0 Å². The first-order valence-corrected chi connectivity index (χ1v) is 9.16. The lowest BCUT2D eigenvalue weighted by Gasteiger charge is -2.09. The Morgan fingerprint density at radius 1 is 0.862 bits per heavy atom. The van der Waals surface area contributed by atoms with Crippen molar-refractivity contribution in [2.75, 3.05) is 0 Å². The highest BCUT2D eigenvalue weighted by Crippen LogP contribution is 2.29. The Hall–Kier alpha value is -4.00. The number of rotatable bonds is 6. The summed E-state index contributed by atoms with van der Waals surface area (Å²) in [5.41, 5.74) is 4.91. The fraction of sp³-hybridized carbons (Fsp3) is 0.0909. The zero-order valence-electron chi connectivity index (χ0n) is 15.6. The smallest absolute Gasteiger partial charge is 0.407 e. The van der Waals surface area contributed by atoms with Crippen LogP contribution in [0.2, 0.25) is 0 Å². The van der Waals surface area contributed by atoms with Gasteiger partial charge in [0.05, 0.1) is 0 Å². The van der Waals surface area contributed by atoms with Gasteiger partial charge in [0, 0.05) is 12.1 Å². The zero-order chi connectivity index (χ0) is 19.9. The van der Waals surface area contributed by atoms with Crippen LogP contribution in [0.4, 0.5) is 4.79 Å². The van der Waals surface area contributed by atoms with Gasteiger partial charge in [0.25, 0.3) is 0 Å². The molecule has 0 aliphatic heterocycles. The first-order chi connectivity index (χ1) is 14.3. The standard InChI is InChI=1S/C22H19N5O2/c28-22(29-15-17-6-2-1-3-7-17)23-14-16-10-12-18(13-11-16)19-8-4-5-9-20(19)21-24-26-27-25-21/h1-13H,14-15H2,(H,23,28)(H,24,25,26,27). The fourth-order valence-corrected chi connectivity index (χ4v) is 2.97. The second-order valence-corrected chi connectivity index (χ2v) is 6.41. The number of ether oxygens (including phenoxy) is 1. The number of aromatic nitrogens is 4. The third-order valence-corrected chi connectivity index (χ3v) is 4.44. The number of hydrogen-bond acceptors (Lipinski definition) is 5. The Balaban J connectivity index is 1.37. The second kappa shape index (κ2) is 8.79. The maximum Gasteiger partial charge on any atom is 0.407 e. The van der Waals surface area contributed by atoms with Crippen molar-refractivity contribution >= 4 is 6.09 Å². The second-order valence-electron chi connectivity index (χ2n) is 6.41. The highest BCUT2D eigenvalue weighted by Gasteiger charge is 2.10. The van der Waals surface area contributed by atoms with Crippen LogP contribution >= 0.6 is 0 Å².